The average Bonchev–Trinajstić information content (AvgIpc) is 3.65. The van der Waals surface area contributed by atoms with Gasteiger partial charge in [-0.15, -0.1) is 0 Å². The van der Waals surface area contributed by atoms with E-state index in [2.05, 4.69) is 83.0 Å². The van der Waals surface area contributed by atoms with Gasteiger partial charge in [-0.05, 0) is 105 Å². The van der Waals surface area contributed by atoms with Crippen molar-refractivity contribution in [3.05, 3.63) is 107 Å². The summed E-state index contributed by atoms with van der Waals surface area (Å²) in [7, 11) is 0. The van der Waals surface area contributed by atoms with Crippen LogP contribution in [0.15, 0.2) is 84.9 Å². The summed E-state index contributed by atoms with van der Waals surface area (Å²) in [6.07, 6.45) is 12.7. The molecule has 5 rings (SSSR count). The normalized spacial score (nSPS) is 17.5. The van der Waals surface area contributed by atoms with Crippen LogP contribution in [0.3, 0.4) is 0 Å². The molecule has 0 aromatic heterocycles. The quantitative estimate of drug-likeness (QED) is 0.295. The summed E-state index contributed by atoms with van der Waals surface area (Å²) < 4.78 is 5.98. The van der Waals surface area contributed by atoms with Gasteiger partial charge < -0.3 is 20.3 Å². The van der Waals surface area contributed by atoms with Crippen molar-refractivity contribution in [2.24, 2.45) is 0 Å². The Morgan fingerprint density at radius 3 is 2.42 bits per heavy atom. The fourth-order valence-electron chi connectivity index (χ4n) is 5.93. The molecule has 0 unspecified atom stereocenters. The third-order valence-corrected chi connectivity index (χ3v) is 8.34. The molecular weight excluding hydrogens is 492 g/mol. The molecular formula is C35H46N4O. The van der Waals surface area contributed by atoms with E-state index in [0.717, 1.165) is 80.3 Å². The topological polar surface area (TPSA) is 39.8 Å². The third kappa shape index (κ3) is 7.39. The Morgan fingerprint density at radius 1 is 0.925 bits per heavy atom. The number of rotatable bonds is 13. The van der Waals surface area contributed by atoms with Gasteiger partial charge in [-0.2, -0.15) is 0 Å². The van der Waals surface area contributed by atoms with Crippen LogP contribution in [0.25, 0.3) is 5.70 Å². The van der Waals surface area contributed by atoms with Crippen molar-refractivity contribution in [2.45, 2.75) is 65.0 Å². The number of aryl methyl sites for hydroxylation is 1. The SMILES string of the molecule is C=C(NC1=CCCC=C1NCc1ccc(CN2CCCC2)c(CC)c1)c1ccc(OCCN2CCCC2=C)cc1. The van der Waals surface area contributed by atoms with Gasteiger partial charge in [0.2, 0.25) is 0 Å². The molecule has 1 aliphatic carbocycles. The molecule has 212 valence electrons. The average molecular weight is 539 g/mol. The minimum atomic E-state index is 0.672. The molecule has 2 aromatic rings. The second kappa shape index (κ2) is 13.8. The number of ether oxygens (including phenoxy) is 1. The molecule has 0 bridgehead atoms. The maximum atomic E-state index is 5.98. The zero-order valence-corrected chi connectivity index (χ0v) is 24.3. The van der Waals surface area contributed by atoms with E-state index >= 15 is 0 Å². The van der Waals surface area contributed by atoms with Gasteiger partial charge in [0.15, 0.2) is 0 Å². The van der Waals surface area contributed by atoms with Gasteiger partial charge in [0.25, 0.3) is 0 Å². The van der Waals surface area contributed by atoms with Crippen molar-refractivity contribution in [3.63, 3.8) is 0 Å². The molecule has 0 spiro atoms. The summed E-state index contributed by atoms with van der Waals surface area (Å²) in [5, 5.41) is 7.27. The number of nitrogens with one attached hydrogen (secondary N) is 2. The summed E-state index contributed by atoms with van der Waals surface area (Å²) in [6.45, 7) is 17.8. The zero-order chi connectivity index (χ0) is 27.7. The van der Waals surface area contributed by atoms with E-state index in [-0.39, 0.29) is 0 Å². The van der Waals surface area contributed by atoms with E-state index in [9.17, 15) is 0 Å². The summed E-state index contributed by atoms with van der Waals surface area (Å²) in [5.41, 5.74) is 9.72. The molecule has 2 saturated heterocycles. The van der Waals surface area contributed by atoms with Crippen LogP contribution in [-0.4, -0.2) is 42.6 Å². The van der Waals surface area contributed by atoms with E-state index in [1.165, 1.54) is 54.7 Å². The van der Waals surface area contributed by atoms with Gasteiger partial charge in [-0.1, -0.05) is 50.4 Å². The molecule has 5 heteroatoms. The number of allylic oxidation sites excluding steroid dienone is 3. The van der Waals surface area contributed by atoms with E-state index in [4.69, 9.17) is 4.74 Å². The third-order valence-electron chi connectivity index (χ3n) is 8.34. The van der Waals surface area contributed by atoms with Gasteiger partial charge in [-0.3, -0.25) is 4.90 Å². The zero-order valence-electron chi connectivity index (χ0n) is 24.3. The maximum Gasteiger partial charge on any atom is 0.119 e. The van der Waals surface area contributed by atoms with Gasteiger partial charge in [0.05, 0.1) is 17.9 Å². The van der Waals surface area contributed by atoms with Crippen LogP contribution in [0.1, 0.15) is 67.7 Å². The lowest BCUT2D eigenvalue weighted by atomic mass is 10.0. The predicted molar refractivity (Wildman–Crippen MR) is 167 cm³/mol. The molecule has 0 saturated carbocycles. The summed E-state index contributed by atoms with van der Waals surface area (Å²) in [4.78, 5) is 4.91. The highest BCUT2D eigenvalue weighted by molar-refractivity contribution is 5.65. The Labute approximate surface area is 241 Å². The first-order valence-corrected chi connectivity index (χ1v) is 15.2. The molecule has 2 aliphatic heterocycles. The Balaban J connectivity index is 1.12. The van der Waals surface area contributed by atoms with Crippen LogP contribution in [-0.2, 0) is 19.5 Å². The second-order valence-corrected chi connectivity index (χ2v) is 11.2. The molecule has 3 aliphatic rings. The highest BCUT2D eigenvalue weighted by Crippen LogP contribution is 2.23. The van der Waals surface area contributed by atoms with Crippen LogP contribution in [0, 0.1) is 0 Å². The number of likely N-dealkylation sites (tertiary alicyclic amines) is 2. The largest absolute Gasteiger partial charge is 0.492 e. The van der Waals surface area contributed by atoms with Crippen molar-refractivity contribution in [1.82, 2.24) is 20.4 Å². The molecule has 2 fully saturated rings. The van der Waals surface area contributed by atoms with E-state index in [1.807, 2.05) is 12.1 Å². The summed E-state index contributed by atoms with van der Waals surface area (Å²) in [6, 6.07) is 15.3. The van der Waals surface area contributed by atoms with Crippen molar-refractivity contribution in [2.75, 3.05) is 32.8 Å². The first-order chi connectivity index (χ1) is 19.6. The summed E-state index contributed by atoms with van der Waals surface area (Å²) >= 11 is 0. The standard InChI is InChI=1S/C35H46N4O/c1-4-30-24-29(13-14-32(30)26-38-19-7-8-20-38)25-36-34-11-5-6-12-35(34)37-28(3)31-15-17-33(18-16-31)40-23-22-39-21-9-10-27(39)2/h11-18,24,36-37H,2-10,19-23,25-26H2,1H3. The predicted octanol–water partition coefficient (Wildman–Crippen LogP) is 6.74. The molecule has 0 amide bonds. The Kier molecular flexibility index (Phi) is 9.67. The van der Waals surface area contributed by atoms with E-state index in [1.54, 1.807) is 0 Å². The maximum absolute atomic E-state index is 5.98. The number of benzene rings is 2. The Hall–Kier alpha value is -3.44. The first-order valence-electron chi connectivity index (χ1n) is 15.2. The Bertz CT molecular complexity index is 1240. The number of hydrogen-bond donors (Lipinski definition) is 2. The van der Waals surface area contributed by atoms with Crippen molar-refractivity contribution >= 4 is 5.70 Å². The fourth-order valence-corrected chi connectivity index (χ4v) is 5.93. The molecule has 0 radical (unpaired) electrons. The number of hydrogen-bond acceptors (Lipinski definition) is 5. The van der Waals surface area contributed by atoms with Crippen LogP contribution >= 0.6 is 0 Å². The molecule has 0 atom stereocenters. The highest BCUT2D eigenvalue weighted by Gasteiger charge is 2.16. The van der Waals surface area contributed by atoms with Crippen LogP contribution in [0.2, 0.25) is 0 Å². The second-order valence-electron chi connectivity index (χ2n) is 11.2. The highest BCUT2D eigenvalue weighted by atomic mass is 16.5. The molecule has 2 N–H and O–H groups in total. The van der Waals surface area contributed by atoms with Gasteiger partial charge in [0, 0.05) is 31.0 Å². The van der Waals surface area contributed by atoms with Gasteiger partial charge >= 0.3 is 0 Å². The molecule has 5 nitrogen and oxygen atoms in total. The lowest BCUT2D eigenvalue weighted by Crippen LogP contribution is -2.24. The minimum Gasteiger partial charge on any atom is -0.492 e. The van der Waals surface area contributed by atoms with E-state index in [0.29, 0.717) is 6.61 Å². The van der Waals surface area contributed by atoms with Gasteiger partial charge in [-0.25, -0.2) is 0 Å². The van der Waals surface area contributed by atoms with E-state index < -0.39 is 0 Å². The van der Waals surface area contributed by atoms with Gasteiger partial charge in [0.1, 0.15) is 12.4 Å². The van der Waals surface area contributed by atoms with Crippen molar-refractivity contribution in [1.29, 1.82) is 0 Å². The first kappa shape index (κ1) is 28.1. The Morgan fingerprint density at radius 2 is 1.70 bits per heavy atom. The van der Waals surface area contributed by atoms with Crippen molar-refractivity contribution in [3.8, 4) is 5.75 Å². The smallest absolute Gasteiger partial charge is 0.119 e. The van der Waals surface area contributed by atoms with Crippen LogP contribution < -0.4 is 15.4 Å². The van der Waals surface area contributed by atoms with Crippen LogP contribution in [0.4, 0.5) is 0 Å². The molecule has 2 aromatic carbocycles. The van der Waals surface area contributed by atoms with Crippen molar-refractivity contribution < 1.29 is 4.74 Å². The fraction of sp³-hybridized carbons (Fsp3) is 0.429. The molecule has 40 heavy (non-hydrogen) atoms. The molecule has 2 heterocycles. The number of nitrogens with zero attached hydrogens (tertiary/aromatic N) is 2. The summed E-state index contributed by atoms with van der Waals surface area (Å²) in [5.74, 6) is 0.887. The van der Waals surface area contributed by atoms with Crippen LogP contribution in [0.5, 0.6) is 5.75 Å². The lowest BCUT2D eigenvalue weighted by Gasteiger charge is -2.22. The minimum absolute atomic E-state index is 0.672. The lowest BCUT2D eigenvalue weighted by molar-refractivity contribution is 0.258. The monoisotopic (exact) mass is 538 g/mol.